The topological polar surface area (TPSA) is 64.8 Å². The molecule has 2 heterocycles. The van der Waals surface area contributed by atoms with E-state index >= 15 is 0 Å². The van der Waals surface area contributed by atoms with Gasteiger partial charge in [0.15, 0.2) is 0 Å². The van der Waals surface area contributed by atoms with Gasteiger partial charge in [-0.25, -0.2) is 4.39 Å². The van der Waals surface area contributed by atoms with Gasteiger partial charge in [0.1, 0.15) is 11.9 Å². The number of halogens is 2. The molecular formula is C25H19ClFN5. The van der Waals surface area contributed by atoms with Crippen LogP contribution in [0.2, 0.25) is 5.02 Å². The first-order chi connectivity index (χ1) is 15.5. The molecule has 0 aliphatic carbocycles. The summed E-state index contributed by atoms with van der Waals surface area (Å²) >= 11 is 5.96. The average Bonchev–Trinajstić information content (AvgIpc) is 2.82. The number of fused-ring (bicyclic) bond motifs is 1. The smallest absolute Gasteiger partial charge is 0.141 e. The predicted molar refractivity (Wildman–Crippen MR) is 128 cm³/mol. The molecule has 32 heavy (non-hydrogen) atoms. The van der Waals surface area contributed by atoms with E-state index < -0.39 is 5.82 Å². The first-order valence-electron chi connectivity index (χ1n) is 9.87. The van der Waals surface area contributed by atoms with E-state index in [0.29, 0.717) is 16.9 Å². The van der Waals surface area contributed by atoms with Crippen LogP contribution in [0, 0.1) is 17.1 Å². The third-order valence-corrected chi connectivity index (χ3v) is 5.35. The molecule has 0 spiro atoms. The van der Waals surface area contributed by atoms with Crippen LogP contribution >= 0.6 is 11.6 Å². The van der Waals surface area contributed by atoms with E-state index in [1.54, 1.807) is 18.5 Å². The molecule has 0 amide bonds. The fourth-order valence-electron chi connectivity index (χ4n) is 3.45. The number of nitrogens with one attached hydrogen (secondary N) is 1. The summed E-state index contributed by atoms with van der Waals surface area (Å²) in [7, 11) is 1.95. The Morgan fingerprint density at radius 2 is 2.00 bits per heavy atom. The summed E-state index contributed by atoms with van der Waals surface area (Å²) < 4.78 is 13.6. The summed E-state index contributed by atoms with van der Waals surface area (Å²) in [6.07, 6.45) is 8.95. The Kier molecular flexibility index (Phi) is 6.02. The van der Waals surface area contributed by atoms with E-state index in [9.17, 15) is 9.65 Å². The lowest BCUT2D eigenvalue weighted by Gasteiger charge is -2.21. The van der Waals surface area contributed by atoms with Crippen molar-refractivity contribution in [3.8, 4) is 6.07 Å². The van der Waals surface area contributed by atoms with Gasteiger partial charge in [0.25, 0.3) is 0 Å². The molecule has 5 nitrogen and oxygen atoms in total. The Balaban J connectivity index is 1.94. The number of allylic oxidation sites excluding steroid dienone is 1. The van der Waals surface area contributed by atoms with E-state index in [-0.39, 0.29) is 5.02 Å². The van der Waals surface area contributed by atoms with Gasteiger partial charge in [0, 0.05) is 41.8 Å². The average molecular weight is 444 g/mol. The molecule has 0 atom stereocenters. The Morgan fingerprint density at radius 1 is 1.16 bits per heavy atom. The Hall–Kier alpha value is -3.95. The van der Waals surface area contributed by atoms with Gasteiger partial charge >= 0.3 is 0 Å². The summed E-state index contributed by atoms with van der Waals surface area (Å²) in [5, 5.41) is 13.7. The molecule has 0 radical (unpaired) electrons. The van der Waals surface area contributed by atoms with Crippen LogP contribution in [-0.2, 0) is 0 Å². The lowest BCUT2D eigenvalue weighted by Crippen LogP contribution is -2.10. The van der Waals surface area contributed by atoms with E-state index in [1.165, 1.54) is 18.3 Å². The highest BCUT2D eigenvalue weighted by Gasteiger charge is 2.15. The fourth-order valence-corrected chi connectivity index (χ4v) is 3.63. The highest BCUT2D eigenvalue weighted by atomic mass is 35.5. The van der Waals surface area contributed by atoms with Gasteiger partial charge < -0.3 is 10.2 Å². The number of benzene rings is 2. The molecule has 0 saturated carbocycles. The molecule has 2 aromatic heterocycles. The number of nitrogens with zero attached hydrogens (tertiary/aromatic N) is 4. The maximum Gasteiger partial charge on any atom is 0.141 e. The number of aromatic nitrogens is 2. The number of pyridine rings is 2. The maximum absolute atomic E-state index is 13.6. The minimum absolute atomic E-state index is 0.00141. The molecular weight excluding hydrogens is 425 g/mol. The molecule has 4 aromatic rings. The van der Waals surface area contributed by atoms with E-state index in [2.05, 4.69) is 21.4 Å². The van der Waals surface area contributed by atoms with Gasteiger partial charge in [-0.2, -0.15) is 5.26 Å². The Morgan fingerprint density at radius 3 is 2.69 bits per heavy atom. The van der Waals surface area contributed by atoms with Crippen LogP contribution in [0.15, 0.2) is 67.1 Å². The van der Waals surface area contributed by atoms with Gasteiger partial charge in [-0.1, -0.05) is 23.8 Å². The summed E-state index contributed by atoms with van der Waals surface area (Å²) in [6.45, 7) is 1.94. The number of anilines is 4. The van der Waals surface area contributed by atoms with Crippen molar-refractivity contribution in [3.63, 3.8) is 0 Å². The molecule has 0 aliphatic rings. The molecule has 7 heteroatoms. The lowest BCUT2D eigenvalue weighted by molar-refractivity contribution is 0.628. The second kappa shape index (κ2) is 9.04. The van der Waals surface area contributed by atoms with Gasteiger partial charge in [-0.15, -0.1) is 0 Å². The quantitative estimate of drug-likeness (QED) is 0.366. The maximum atomic E-state index is 13.6. The highest BCUT2D eigenvalue weighted by Crippen LogP contribution is 2.36. The summed E-state index contributed by atoms with van der Waals surface area (Å²) in [5.41, 5.74) is 4.97. The number of nitriles is 1. The molecule has 0 fully saturated rings. The molecule has 1 N–H and O–H groups in total. The second-order valence-corrected chi connectivity index (χ2v) is 7.52. The van der Waals surface area contributed by atoms with E-state index in [1.807, 2.05) is 55.3 Å². The molecule has 158 valence electrons. The SMILES string of the molecule is C/C=C/c1cc(N(C)c2cccnc2)cc2c(Nc3ccc(F)c(Cl)c3)c(C#N)cnc12. The van der Waals surface area contributed by atoms with Gasteiger partial charge in [-0.05, 0) is 49.4 Å². The molecule has 4 rings (SSSR count). The minimum Gasteiger partial charge on any atom is -0.354 e. The Labute approximate surface area is 190 Å². The van der Waals surface area contributed by atoms with Gasteiger partial charge in [0.05, 0.1) is 33.7 Å². The predicted octanol–water partition coefficient (Wildman–Crippen LogP) is 6.84. The zero-order valence-corrected chi connectivity index (χ0v) is 18.2. The third kappa shape index (κ3) is 4.11. The van der Waals surface area contributed by atoms with Crippen LogP contribution in [0.1, 0.15) is 18.1 Å². The first kappa shape index (κ1) is 21.3. The number of hydrogen-bond acceptors (Lipinski definition) is 5. The summed E-state index contributed by atoms with van der Waals surface area (Å²) in [5.74, 6) is -0.506. The zero-order valence-electron chi connectivity index (χ0n) is 17.5. The van der Waals surface area contributed by atoms with Crippen molar-refractivity contribution in [2.75, 3.05) is 17.3 Å². The monoisotopic (exact) mass is 443 g/mol. The van der Waals surface area contributed by atoms with Crippen molar-refractivity contribution in [2.24, 2.45) is 0 Å². The molecule has 0 aliphatic heterocycles. The second-order valence-electron chi connectivity index (χ2n) is 7.11. The minimum atomic E-state index is -0.506. The Bertz CT molecular complexity index is 1360. The zero-order chi connectivity index (χ0) is 22.7. The van der Waals surface area contributed by atoms with Crippen molar-refractivity contribution in [1.29, 1.82) is 5.26 Å². The largest absolute Gasteiger partial charge is 0.354 e. The van der Waals surface area contributed by atoms with Crippen LogP contribution in [0.5, 0.6) is 0 Å². The third-order valence-electron chi connectivity index (χ3n) is 5.06. The summed E-state index contributed by atoms with van der Waals surface area (Å²) in [4.78, 5) is 10.8. The number of rotatable bonds is 5. The van der Waals surface area contributed by atoms with Crippen molar-refractivity contribution in [1.82, 2.24) is 9.97 Å². The molecule has 0 unspecified atom stereocenters. The van der Waals surface area contributed by atoms with Crippen molar-refractivity contribution in [3.05, 3.63) is 89.1 Å². The highest BCUT2D eigenvalue weighted by molar-refractivity contribution is 6.31. The van der Waals surface area contributed by atoms with Crippen molar-refractivity contribution < 1.29 is 4.39 Å². The van der Waals surface area contributed by atoms with Crippen LogP contribution in [-0.4, -0.2) is 17.0 Å². The molecule has 0 saturated heterocycles. The number of hydrogen-bond donors (Lipinski definition) is 1. The fraction of sp³-hybridized carbons (Fsp3) is 0.0800. The van der Waals surface area contributed by atoms with Gasteiger partial charge in [-0.3, -0.25) is 9.97 Å². The normalized spacial score (nSPS) is 11.0. The summed E-state index contributed by atoms with van der Waals surface area (Å²) in [6, 6.07) is 14.4. The van der Waals surface area contributed by atoms with Crippen LogP contribution < -0.4 is 10.2 Å². The van der Waals surface area contributed by atoms with Crippen molar-refractivity contribution in [2.45, 2.75) is 6.92 Å². The first-order valence-corrected chi connectivity index (χ1v) is 10.2. The van der Waals surface area contributed by atoms with Crippen LogP contribution in [0.4, 0.5) is 27.1 Å². The van der Waals surface area contributed by atoms with Gasteiger partial charge in [0.2, 0.25) is 0 Å². The lowest BCUT2D eigenvalue weighted by atomic mass is 10.0. The van der Waals surface area contributed by atoms with E-state index in [0.717, 1.165) is 27.8 Å². The van der Waals surface area contributed by atoms with E-state index in [4.69, 9.17) is 11.6 Å². The molecule has 0 bridgehead atoms. The van der Waals surface area contributed by atoms with Crippen LogP contribution in [0.25, 0.3) is 17.0 Å². The van der Waals surface area contributed by atoms with Crippen molar-refractivity contribution >= 4 is 51.3 Å². The van der Waals surface area contributed by atoms with Crippen LogP contribution in [0.3, 0.4) is 0 Å². The standard InChI is InChI=1S/C25H19ClFN5/c1-3-5-16-10-20(32(2)19-6-4-9-29-15-19)12-21-24(16)30-14-17(13-28)25(21)31-18-7-8-23(27)22(26)11-18/h3-12,14-15H,1-2H3,(H,30,31)/b5-3+. The molecule has 2 aromatic carbocycles.